The first kappa shape index (κ1) is 3.13. The van der Waals surface area contributed by atoms with Gasteiger partial charge in [-0.05, 0) is 18.5 Å². The van der Waals surface area contributed by atoms with Crippen molar-refractivity contribution >= 4 is 0 Å². The van der Waals surface area contributed by atoms with Gasteiger partial charge in [0.15, 0.2) is 0 Å². The summed E-state index contributed by atoms with van der Waals surface area (Å²) < 4.78 is 6.88. The van der Waals surface area contributed by atoms with Crippen molar-refractivity contribution in [1.82, 2.24) is 10.2 Å². The van der Waals surface area contributed by atoms with Crippen LogP contribution in [0.15, 0.2) is 18.5 Å². The zero-order chi connectivity index (χ0) is 5.82. The van der Waals surface area contributed by atoms with Gasteiger partial charge in [0.25, 0.3) is 0 Å². The van der Waals surface area contributed by atoms with Crippen LogP contribution in [0.4, 0.5) is 0 Å². The number of rotatable bonds is 0. The molecule has 0 saturated heterocycles. The van der Waals surface area contributed by atoms with Crippen molar-refractivity contribution in [2.24, 2.45) is 0 Å². The van der Waals surface area contributed by atoms with E-state index in [4.69, 9.17) is 1.37 Å². The van der Waals surface area contributed by atoms with Crippen LogP contribution in [0, 0.1) is 6.90 Å². The van der Waals surface area contributed by atoms with E-state index in [0.29, 0.717) is 0 Å². The van der Waals surface area contributed by atoms with E-state index in [2.05, 4.69) is 10.2 Å². The van der Waals surface area contributed by atoms with E-state index >= 15 is 0 Å². The average Bonchev–Trinajstić information content (AvgIpc) is 1.90. The number of nitrogens with zero attached hydrogens (tertiary/aromatic N) is 2. The Kier molecular flexibility index (Phi) is 0.754. The van der Waals surface area contributed by atoms with E-state index in [1.54, 1.807) is 18.5 Å². The van der Waals surface area contributed by atoms with Crippen molar-refractivity contribution in [3.63, 3.8) is 0 Å². The molecule has 0 unspecified atom stereocenters. The molecule has 0 aliphatic carbocycles. The van der Waals surface area contributed by atoms with E-state index in [9.17, 15) is 0 Å². The topological polar surface area (TPSA) is 25.8 Å². The van der Waals surface area contributed by atoms with Gasteiger partial charge < -0.3 is 0 Å². The minimum Gasteiger partial charge on any atom is -0.159 e. The van der Waals surface area contributed by atoms with Gasteiger partial charge >= 0.3 is 0 Å². The van der Waals surface area contributed by atoms with Crippen LogP contribution in [0.5, 0.6) is 0 Å². The molecule has 0 aliphatic heterocycles. The lowest BCUT2D eigenvalue weighted by Gasteiger charge is -1.80. The second kappa shape index (κ2) is 1.69. The van der Waals surface area contributed by atoms with Crippen molar-refractivity contribution in [2.45, 2.75) is 6.90 Å². The smallest absolute Gasteiger partial charge is 0.0525 e. The van der Waals surface area contributed by atoms with Gasteiger partial charge in [-0.3, -0.25) is 0 Å². The van der Waals surface area contributed by atoms with Crippen molar-refractivity contribution in [3.8, 4) is 0 Å². The molecule has 1 heterocycles. The Hall–Kier alpha value is -0.920. The normalized spacial score (nSPS) is 10.6. The largest absolute Gasteiger partial charge is 0.159 e. The van der Waals surface area contributed by atoms with Crippen molar-refractivity contribution in [2.75, 3.05) is 0 Å². The highest BCUT2D eigenvalue weighted by Gasteiger charge is 1.74. The number of hydrogen-bond acceptors (Lipinski definition) is 2. The molecule has 2 heteroatoms. The van der Waals surface area contributed by atoms with Crippen LogP contribution >= 0.6 is 0 Å². The zero-order valence-electron chi connectivity index (χ0n) is 4.83. The Morgan fingerprint density at radius 2 is 2.71 bits per heavy atom. The molecule has 0 aromatic carbocycles. The van der Waals surface area contributed by atoms with Crippen molar-refractivity contribution in [1.29, 1.82) is 0 Å². The third-order valence-corrected chi connectivity index (χ3v) is 0.646. The molecule has 0 radical (unpaired) electrons. The van der Waals surface area contributed by atoms with Crippen LogP contribution in [0.3, 0.4) is 0 Å². The van der Waals surface area contributed by atoms with Gasteiger partial charge in [-0.15, -0.1) is 0 Å². The molecule has 1 aromatic heterocycles. The molecule has 0 fully saturated rings. The number of aromatic nitrogens is 2. The molecule has 7 heavy (non-hydrogen) atoms. The Morgan fingerprint density at radius 3 is 3.14 bits per heavy atom. The SMILES string of the molecule is [2H]Cc1ccnnc1. The van der Waals surface area contributed by atoms with Crippen LogP contribution in [0.25, 0.3) is 0 Å². The Labute approximate surface area is 43.6 Å². The van der Waals surface area contributed by atoms with Gasteiger partial charge in [0, 0.05) is 7.57 Å². The highest BCUT2D eigenvalue weighted by atomic mass is 15.1. The molecule has 0 saturated carbocycles. The van der Waals surface area contributed by atoms with Crippen LogP contribution in [0.1, 0.15) is 6.93 Å². The van der Waals surface area contributed by atoms with Gasteiger partial charge in [-0.2, -0.15) is 10.2 Å². The molecular weight excluding hydrogens is 88.1 g/mol. The standard InChI is InChI=1S/C5H6N2/c1-5-2-3-6-7-4-5/h2-4H,1H3/i1D. The first-order valence-electron chi connectivity index (χ1n) is 2.69. The quantitative estimate of drug-likeness (QED) is 0.476. The van der Waals surface area contributed by atoms with E-state index in [1.807, 2.05) is 0 Å². The second-order valence-corrected chi connectivity index (χ2v) is 1.25. The lowest BCUT2D eigenvalue weighted by molar-refractivity contribution is 1.01. The maximum absolute atomic E-state index is 6.88. The second-order valence-electron chi connectivity index (χ2n) is 1.25. The Morgan fingerprint density at radius 1 is 1.71 bits per heavy atom. The first-order valence-corrected chi connectivity index (χ1v) is 1.98. The molecule has 36 valence electrons. The summed E-state index contributed by atoms with van der Waals surface area (Å²) in [5.41, 5.74) is 0.903. The molecule has 0 atom stereocenters. The summed E-state index contributed by atoms with van der Waals surface area (Å²) in [6, 6.07) is 1.78. The summed E-state index contributed by atoms with van der Waals surface area (Å²) in [5, 5.41) is 7.15. The summed E-state index contributed by atoms with van der Waals surface area (Å²) in [7, 11) is 0. The van der Waals surface area contributed by atoms with E-state index in [-0.39, 0.29) is 6.90 Å². The molecular formula is C5H6N2. The Balaban J connectivity index is 2.83. The number of hydrogen-bond donors (Lipinski definition) is 0. The predicted octanol–water partition coefficient (Wildman–Crippen LogP) is 0.785. The minimum atomic E-state index is 0.287. The van der Waals surface area contributed by atoms with Gasteiger partial charge in [-0.25, -0.2) is 0 Å². The monoisotopic (exact) mass is 95.1 g/mol. The predicted molar refractivity (Wildman–Crippen MR) is 26.8 cm³/mol. The van der Waals surface area contributed by atoms with E-state index in [0.717, 1.165) is 5.56 Å². The van der Waals surface area contributed by atoms with Crippen LogP contribution in [0.2, 0.25) is 0 Å². The maximum atomic E-state index is 6.88. The number of aryl methyl sites for hydroxylation is 1. The van der Waals surface area contributed by atoms with Crippen molar-refractivity contribution < 1.29 is 1.37 Å². The molecule has 1 aromatic rings. The molecule has 2 nitrogen and oxygen atoms in total. The summed E-state index contributed by atoms with van der Waals surface area (Å²) in [4.78, 5) is 0. The van der Waals surface area contributed by atoms with Gasteiger partial charge in [0.1, 0.15) is 0 Å². The fourth-order valence-corrected chi connectivity index (χ4v) is 0.318. The fourth-order valence-electron chi connectivity index (χ4n) is 0.318. The molecule has 0 N–H and O–H groups in total. The lowest BCUT2D eigenvalue weighted by Crippen LogP contribution is -1.76. The van der Waals surface area contributed by atoms with Crippen LogP contribution in [-0.2, 0) is 0 Å². The highest BCUT2D eigenvalue weighted by Crippen LogP contribution is 1.85. The summed E-state index contributed by atoms with van der Waals surface area (Å²) >= 11 is 0. The van der Waals surface area contributed by atoms with Gasteiger partial charge in [-0.1, -0.05) is 0 Å². The molecule has 1 rings (SSSR count). The van der Waals surface area contributed by atoms with Crippen LogP contribution in [-0.4, -0.2) is 10.2 Å². The maximum Gasteiger partial charge on any atom is 0.0525 e. The first-order chi connectivity index (χ1) is 3.93. The van der Waals surface area contributed by atoms with E-state index in [1.165, 1.54) is 0 Å². The van der Waals surface area contributed by atoms with Gasteiger partial charge in [0.2, 0.25) is 0 Å². The summed E-state index contributed by atoms with van der Waals surface area (Å²) in [6.07, 6.45) is 3.18. The summed E-state index contributed by atoms with van der Waals surface area (Å²) in [5.74, 6) is 0. The van der Waals surface area contributed by atoms with E-state index < -0.39 is 0 Å². The van der Waals surface area contributed by atoms with Gasteiger partial charge in [0.05, 0.1) is 6.20 Å². The Bertz CT molecular complexity index is 152. The third-order valence-electron chi connectivity index (χ3n) is 0.646. The molecule has 0 aliphatic rings. The molecule has 0 bridgehead atoms. The zero-order valence-corrected chi connectivity index (χ0v) is 3.83. The van der Waals surface area contributed by atoms with Crippen LogP contribution < -0.4 is 0 Å². The van der Waals surface area contributed by atoms with Crippen molar-refractivity contribution in [3.05, 3.63) is 24.0 Å². The minimum absolute atomic E-state index is 0.287. The fraction of sp³-hybridized carbons (Fsp3) is 0.200. The molecule has 0 spiro atoms. The average molecular weight is 95.1 g/mol. The lowest BCUT2D eigenvalue weighted by atomic mass is 10.4. The third kappa shape index (κ3) is 0.961. The molecule has 0 amide bonds. The highest BCUT2D eigenvalue weighted by molar-refractivity contribution is 5.00. The summed E-state index contributed by atoms with van der Waals surface area (Å²) in [6.45, 7) is 0.287.